The van der Waals surface area contributed by atoms with Gasteiger partial charge in [0, 0.05) is 32.9 Å². The van der Waals surface area contributed by atoms with Gasteiger partial charge in [-0.05, 0) is 29.2 Å². The SMILES string of the molecule is CNC(=O)NCc1ccc(N2CCc3ccccc3C2)nc1. The van der Waals surface area contributed by atoms with Crippen LogP contribution in [0.15, 0.2) is 42.6 Å². The molecular formula is C17H20N4O. The van der Waals surface area contributed by atoms with E-state index in [-0.39, 0.29) is 6.03 Å². The number of urea groups is 1. The molecule has 2 amide bonds. The minimum absolute atomic E-state index is 0.184. The van der Waals surface area contributed by atoms with Gasteiger partial charge in [-0.3, -0.25) is 0 Å². The van der Waals surface area contributed by atoms with E-state index in [0.29, 0.717) is 6.54 Å². The van der Waals surface area contributed by atoms with Crippen LogP contribution in [0.25, 0.3) is 0 Å². The molecular weight excluding hydrogens is 276 g/mol. The highest BCUT2D eigenvalue weighted by molar-refractivity contribution is 5.73. The maximum atomic E-state index is 11.2. The zero-order valence-electron chi connectivity index (χ0n) is 12.7. The highest BCUT2D eigenvalue weighted by atomic mass is 16.2. The molecule has 0 atom stereocenters. The standard InChI is InChI=1S/C17H20N4O/c1-18-17(22)20-11-13-6-7-16(19-10-13)21-9-8-14-4-2-3-5-15(14)12-21/h2-7,10H,8-9,11-12H2,1H3,(H2,18,20,22). The van der Waals surface area contributed by atoms with E-state index in [1.807, 2.05) is 18.3 Å². The van der Waals surface area contributed by atoms with E-state index in [0.717, 1.165) is 30.9 Å². The molecule has 2 heterocycles. The molecule has 0 aliphatic carbocycles. The van der Waals surface area contributed by atoms with Crippen LogP contribution in [0.2, 0.25) is 0 Å². The number of aromatic nitrogens is 1. The number of pyridine rings is 1. The Morgan fingerprint density at radius 3 is 2.77 bits per heavy atom. The lowest BCUT2D eigenvalue weighted by Crippen LogP contribution is -2.32. The summed E-state index contributed by atoms with van der Waals surface area (Å²) in [5.41, 5.74) is 3.80. The smallest absolute Gasteiger partial charge is 0.314 e. The first-order valence-corrected chi connectivity index (χ1v) is 7.48. The van der Waals surface area contributed by atoms with Gasteiger partial charge in [0.15, 0.2) is 0 Å². The molecule has 0 bridgehead atoms. The summed E-state index contributed by atoms with van der Waals surface area (Å²) in [7, 11) is 1.60. The van der Waals surface area contributed by atoms with E-state index < -0.39 is 0 Å². The lowest BCUT2D eigenvalue weighted by molar-refractivity contribution is 0.242. The molecule has 1 aromatic carbocycles. The second kappa shape index (κ2) is 6.47. The minimum Gasteiger partial charge on any atom is -0.352 e. The highest BCUT2D eigenvalue weighted by Crippen LogP contribution is 2.22. The Kier molecular flexibility index (Phi) is 4.23. The highest BCUT2D eigenvalue weighted by Gasteiger charge is 2.16. The topological polar surface area (TPSA) is 57.3 Å². The quantitative estimate of drug-likeness (QED) is 0.911. The van der Waals surface area contributed by atoms with Crippen LogP contribution in [0.1, 0.15) is 16.7 Å². The number of amides is 2. The number of hydrogen-bond donors (Lipinski definition) is 2. The van der Waals surface area contributed by atoms with E-state index >= 15 is 0 Å². The van der Waals surface area contributed by atoms with Gasteiger partial charge in [0.1, 0.15) is 5.82 Å². The first kappa shape index (κ1) is 14.4. The largest absolute Gasteiger partial charge is 0.352 e. The second-order valence-corrected chi connectivity index (χ2v) is 5.40. The molecule has 0 fully saturated rings. The third-order valence-corrected chi connectivity index (χ3v) is 3.94. The summed E-state index contributed by atoms with van der Waals surface area (Å²) in [6.45, 7) is 2.37. The summed E-state index contributed by atoms with van der Waals surface area (Å²) in [6, 6.07) is 12.4. The Labute approximate surface area is 130 Å². The molecule has 1 aliphatic heterocycles. The predicted octanol–water partition coefficient (Wildman–Crippen LogP) is 2.07. The third kappa shape index (κ3) is 3.19. The van der Waals surface area contributed by atoms with Crippen LogP contribution < -0.4 is 15.5 Å². The van der Waals surface area contributed by atoms with Crippen molar-refractivity contribution in [2.75, 3.05) is 18.5 Å². The molecule has 0 spiro atoms. The van der Waals surface area contributed by atoms with Crippen LogP contribution in [0.3, 0.4) is 0 Å². The fourth-order valence-electron chi connectivity index (χ4n) is 2.67. The van der Waals surface area contributed by atoms with Crippen molar-refractivity contribution in [3.63, 3.8) is 0 Å². The molecule has 0 radical (unpaired) electrons. The van der Waals surface area contributed by atoms with Crippen molar-refractivity contribution >= 4 is 11.8 Å². The van der Waals surface area contributed by atoms with Gasteiger partial charge in [0.05, 0.1) is 0 Å². The van der Waals surface area contributed by atoms with Gasteiger partial charge in [-0.25, -0.2) is 9.78 Å². The first-order chi connectivity index (χ1) is 10.8. The van der Waals surface area contributed by atoms with Crippen molar-refractivity contribution in [2.24, 2.45) is 0 Å². The molecule has 2 N–H and O–H groups in total. The summed E-state index contributed by atoms with van der Waals surface area (Å²) < 4.78 is 0. The number of nitrogens with zero attached hydrogens (tertiary/aromatic N) is 2. The van der Waals surface area contributed by atoms with Gasteiger partial charge in [-0.15, -0.1) is 0 Å². The van der Waals surface area contributed by atoms with E-state index in [4.69, 9.17) is 0 Å². The molecule has 2 aromatic rings. The average Bonchev–Trinajstić information content (AvgIpc) is 2.59. The number of anilines is 1. The maximum absolute atomic E-state index is 11.2. The normalized spacial score (nSPS) is 13.4. The summed E-state index contributed by atoms with van der Waals surface area (Å²) in [6.07, 6.45) is 2.88. The number of fused-ring (bicyclic) bond motifs is 1. The number of hydrogen-bond acceptors (Lipinski definition) is 3. The number of nitrogens with one attached hydrogen (secondary N) is 2. The molecule has 1 aromatic heterocycles. The Bertz CT molecular complexity index is 654. The van der Waals surface area contributed by atoms with Crippen LogP contribution in [0, 0.1) is 0 Å². The van der Waals surface area contributed by atoms with Crippen LogP contribution in [-0.2, 0) is 19.5 Å². The van der Waals surface area contributed by atoms with Gasteiger partial charge < -0.3 is 15.5 Å². The van der Waals surface area contributed by atoms with Gasteiger partial charge >= 0.3 is 6.03 Å². The van der Waals surface area contributed by atoms with Crippen LogP contribution in [0.5, 0.6) is 0 Å². The van der Waals surface area contributed by atoms with Crippen molar-refractivity contribution in [1.82, 2.24) is 15.6 Å². The van der Waals surface area contributed by atoms with Crippen molar-refractivity contribution in [2.45, 2.75) is 19.5 Å². The Morgan fingerprint density at radius 1 is 1.23 bits per heavy atom. The second-order valence-electron chi connectivity index (χ2n) is 5.40. The Morgan fingerprint density at radius 2 is 2.05 bits per heavy atom. The fraction of sp³-hybridized carbons (Fsp3) is 0.294. The van der Waals surface area contributed by atoms with Crippen molar-refractivity contribution in [3.05, 3.63) is 59.3 Å². The molecule has 0 saturated heterocycles. The number of benzene rings is 1. The number of carbonyl (C=O) groups is 1. The predicted molar refractivity (Wildman–Crippen MR) is 86.7 cm³/mol. The number of rotatable bonds is 3. The van der Waals surface area contributed by atoms with E-state index in [1.165, 1.54) is 11.1 Å². The molecule has 0 unspecified atom stereocenters. The monoisotopic (exact) mass is 296 g/mol. The molecule has 1 aliphatic rings. The summed E-state index contributed by atoms with van der Waals surface area (Å²) in [5, 5.41) is 5.29. The molecule has 5 nitrogen and oxygen atoms in total. The summed E-state index contributed by atoms with van der Waals surface area (Å²) >= 11 is 0. The zero-order chi connectivity index (χ0) is 15.4. The van der Waals surface area contributed by atoms with Crippen molar-refractivity contribution in [1.29, 1.82) is 0 Å². The Hall–Kier alpha value is -2.56. The van der Waals surface area contributed by atoms with Gasteiger partial charge in [0.2, 0.25) is 0 Å². The van der Waals surface area contributed by atoms with Crippen molar-refractivity contribution in [3.8, 4) is 0 Å². The molecule has 114 valence electrons. The lowest BCUT2D eigenvalue weighted by atomic mass is 10.00. The van der Waals surface area contributed by atoms with E-state index in [1.54, 1.807) is 7.05 Å². The fourth-order valence-corrected chi connectivity index (χ4v) is 2.67. The van der Waals surface area contributed by atoms with Crippen LogP contribution in [-0.4, -0.2) is 24.6 Å². The zero-order valence-corrected chi connectivity index (χ0v) is 12.7. The molecule has 3 rings (SSSR count). The van der Waals surface area contributed by atoms with Crippen LogP contribution >= 0.6 is 0 Å². The van der Waals surface area contributed by atoms with Gasteiger partial charge in [0.25, 0.3) is 0 Å². The molecule has 22 heavy (non-hydrogen) atoms. The molecule has 5 heteroatoms. The lowest BCUT2D eigenvalue weighted by Gasteiger charge is -2.29. The third-order valence-electron chi connectivity index (χ3n) is 3.94. The van der Waals surface area contributed by atoms with Crippen molar-refractivity contribution < 1.29 is 4.79 Å². The maximum Gasteiger partial charge on any atom is 0.314 e. The van der Waals surface area contributed by atoms with Gasteiger partial charge in [-0.1, -0.05) is 30.3 Å². The first-order valence-electron chi connectivity index (χ1n) is 7.48. The minimum atomic E-state index is -0.184. The number of carbonyl (C=O) groups excluding carboxylic acids is 1. The Balaban J connectivity index is 1.65. The van der Waals surface area contributed by atoms with Crippen LogP contribution in [0.4, 0.5) is 10.6 Å². The van der Waals surface area contributed by atoms with Gasteiger partial charge in [-0.2, -0.15) is 0 Å². The summed E-state index contributed by atoms with van der Waals surface area (Å²) in [4.78, 5) is 18.0. The molecule has 0 saturated carbocycles. The van der Waals surface area contributed by atoms with E-state index in [9.17, 15) is 4.79 Å². The van der Waals surface area contributed by atoms with E-state index in [2.05, 4.69) is 44.8 Å². The summed E-state index contributed by atoms with van der Waals surface area (Å²) in [5.74, 6) is 0.984. The average molecular weight is 296 g/mol.